The van der Waals surface area contributed by atoms with Gasteiger partial charge in [0.05, 0.1) is 35.9 Å². The molecule has 2 N–H and O–H groups in total. The van der Waals surface area contributed by atoms with E-state index < -0.39 is 0 Å². The normalized spacial score (nSPS) is 17.0. The first-order chi connectivity index (χ1) is 18.0. The predicted molar refractivity (Wildman–Crippen MR) is 146 cm³/mol. The van der Waals surface area contributed by atoms with Crippen LogP contribution in [0.25, 0.3) is 11.0 Å². The van der Waals surface area contributed by atoms with Crippen molar-refractivity contribution in [1.29, 1.82) is 0 Å². The summed E-state index contributed by atoms with van der Waals surface area (Å²) in [5, 5.41) is 4.69. The van der Waals surface area contributed by atoms with Crippen molar-refractivity contribution in [3.63, 3.8) is 0 Å². The van der Waals surface area contributed by atoms with Crippen LogP contribution in [0.15, 0.2) is 52.4 Å². The van der Waals surface area contributed by atoms with Crippen LogP contribution in [0.4, 0.5) is 11.6 Å². The average Bonchev–Trinajstić information content (AvgIpc) is 3.48. The number of fused-ring (bicyclic) bond motifs is 3. The number of hydrogen-bond acceptors (Lipinski definition) is 6. The quantitative estimate of drug-likeness (QED) is 0.440. The van der Waals surface area contributed by atoms with Gasteiger partial charge in [0.2, 0.25) is 5.95 Å². The van der Waals surface area contributed by atoms with Crippen LogP contribution in [0.5, 0.6) is 0 Å². The Kier molecular flexibility index (Phi) is 5.89. The minimum Gasteiger partial charge on any atom is -0.342 e. The molecule has 0 bridgehead atoms. The van der Waals surface area contributed by atoms with Crippen molar-refractivity contribution in [2.24, 2.45) is 10.7 Å². The lowest BCUT2D eigenvalue weighted by Gasteiger charge is -2.31. The van der Waals surface area contributed by atoms with Gasteiger partial charge in [0.1, 0.15) is 11.0 Å². The number of benzene rings is 1. The van der Waals surface area contributed by atoms with E-state index in [1.807, 2.05) is 48.0 Å². The summed E-state index contributed by atoms with van der Waals surface area (Å²) < 4.78 is 5.62. The molecule has 2 aliphatic rings. The van der Waals surface area contributed by atoms with Crippen LogP contribution in [-0.4, -0.2) is 48.7 Å². The minimum atomic E-state index is -0.197. The van der Waals surface area contributed by atoms with Crippen LogP contribution in [0.2, 0.25) is 0 Å². The molecule has 4 aromatic rings. The molecule has 2 aliphatic heterocycles. The Morgan fingerprint density at radius 2 is 2.05 bits per heavy atom. The first-order valence-electron chi connectivity index (χ1n) is 12.7. The molecule has 1 unspecified atom stereocenters. The van der Waals surface area contributed by atoms with Crippen molar-refractivity contribution in [1.82, 2.24) is 23.9 Å². The highest BCUT2D eigenvalue weighted by molar-refractivity contribution is 6.01. The number of aryl methyl sites for hydroxylation is 1. The van der Waals surface area contributed by atoms with Crippen molar-refractivity contribution in [3.05, 3.63) is 69.9 Å². The number of anilines is 1. The van der Waals surface area contributed by atoms with Crippen LogP contribution in [0.1, 0.15) is 36.7 Å². The number of nitrogens with two attached hydrogens (primary N) is 1. The highest BCUT2D eigenvalue weighted by atomic mass is 16.1. The second-order valence-electron chi connectivity index (χ2n) is 9.73. The first-order valence-corrected chi connectivity index (χ1v) is 12.7. The summed E-state index contributed by atoms with van der Waals surface area (Å²) in [4.78, 5) is 26.0. The van der Waals surface area contributed by atoms with Crippen LogP contribution < -0.4 is 16.2 Å². The lowest BCUT2D eigenvalue weighted by Crippen LogP contribution is -2.44. The molecule has 0 amide bonds. The van der Waals surface area contributed by atoms with Gasteiger partial charge in [-0.05, 0) is 50.5 Å². The Labute approximate surface area is 215 Å². The van der Waals surface area contributed by atoms with Crippen LogP contribution >= 0.6 is 0 Å². The lowest BCUT2D eigenvalue weighted by atomic mass is 10.1. The fourth-order valence-corrected chi connectivity index (χ4v) is 5.37. The summed E-state index contributed by atoms with van der Waals surface area (Å²) in [7, 11) is 0. The molecule has 37 heavy (non-hydrogen) atoms. The van der Waals surface area contributed by atoms with E-state index in [0.29, 0.717) is 29.8 Å². The Hall–Kier alpha value is -4.16. The molecule has 1 fully saturated rings. The Balaban J connectivity index is 1.49. The SMILES string of the molecule is CC#CCn1c(N2CCCC(N)C2)nc2c(C)nn(CC3=Nc4ccccc4Cn4cccc43)c(=O)c21. The zero-order chi connectivity index (χ0) is 25.5. The van der Waals surface area contributed by atoms with Crippen molar-refractivity contribution in [2.45, 2.75) is 52.4 Å². The molecule has 1 saturated heterocycles. The molecule has 0 saturated carbocycles. The number of hydrogen-bond donors (Lipinski definition) is 1. The molecule has 0 spiro atoms. The van der Waals surface area contributed by atoms with Gasteiger partial charge in [0, 0.05) is 31.9 Å². The largest absolute Gasteiger partial charge is 0.342 e. The van der Waals surface area contributed by atoms with Gasteiger partial charge in [0.15, 0.2) is 0 Å². The average molecular weight is 495 g/mol. The zero-order valence-corrected chi connectivity index (χ0v) is 21.2. The van der Waals surface area contributed by atoms with E-state index in [0.717, 1.165) is 54.5 Å². The number of aliphatic imine (C=N–C) groups is 1. The lowest BCUT2D eigenvalue weighted by molar-refractivity contribution is 0.496. The van der Waals surface area contributed by atoms with Crippen molar-refractivity contribution < 1.29 is 0 Å². The topological polar surface area (TPSA) is 99.3 Å². The van der Waals surface area contributed by atoms with E-state index in [1.165, 1.54) is 4.68 Å². The molecule has 9 heteroatoms. The Morgan fingerprint density at radius 1 is 1.19 bits per heavy atom. The van der Waals surface area contributed by atoms with E-state index in [4.69, 9.17) is 20.8 Å². The smallest absolute Gasteiger partial charge is 0.293 e. The zero-order valence-electron chi connectivity index (χ0n) is 21.2. The number of para-hydroxylation sites is 1. The van der Waals surface area contributed by atoms with Crippen LogP contribution in [0.3, 0.4) is 0 Å². The van der Waals surface area contributed by atoms with E-state index in [-0.39, 0.29) is 18.1 Å². The van der Waals surface area contributed by atoms with Gasteiger partial charge >= 0.3 is 0 Å². The minimum absolute atomic E-state index is 0.0857. The first kappa shape index (κ1) is 23.3. The summed E-state index contributed by atoms with van der Waals surface area (Å²) >= 11 is 0. The van der Waals surface area contributed by atoms with E-state index in [1.54, 1.807) is 6.92 Å². The van der Waals surface area contributed by atoms with Gasteiger partial charge in [-0.25, -0.2) is 14.7 Å². The second-order valence-corrected chi connectivity index (χ2v) is 9.73. The van der Waals surface area contributed by atoms with E-state index in [2.05, 4.69) is 27.4 Å². The summed E-state index contributed by atoms with van der Waals surface area (Å²) in [6.45, 7) is 6.63. The highest BCUT2D eigenvalue weighted by Gasteiger charge is 2.26. The van der Waals surface area contributed by atoms with Gasteiger partial charge in [-0.1, -0.05) is 24.1 Å². The maximum Gasteiger partial charge on any atom is 0.293 e. The molecule has 1 aromatic carbocycles. The third-order valence-corrected chi connectivity index (χ3v) is 7.16. The van der Waals surface area contributed by atoms with Crippen LogP contribution in [-0.2, 0) is 19.6 Å². The van der Waals surface area contributed by atoms with Crippen molar-refractivity contribution >= 4 is 28.4 Å². The standard InChI is InChI=1S/C28H30N8O/c1-3-4-15-35-26-25(31-28(35)34-14-7-10-21(29)17-34)19(2)32-36(27(26)37)18-23-24-12-8-13-33(24)16-20-9-5-6-11-22(20)30-23/h5-6,8-9,11-13,21H,7,10,14-18,29H2,1-2H3. The molecular weight excluding hydrogens is 464 g/mol. The van der Waals surface area contributed by atoms with Gasteiger partial charge in [-0.2, -0.15) is 5.10 Å². The summed E-state index contributed by atoms with van der Waals surface area (Å²) in [6, 6.07) is 12.3. The number of rotatable bonds is 4. The van der Waals surface area contributed by atoms with E-state index >= 15 is 0 Å². The second kappa shape index (κ2) is 9.37. The van der Waals surface area contributed by atoms with Gasteiger partial charge < -0.3 is 15.2 Å². The summed E-state index contributed by atoms with van der Waals surface area (Å²) in [5.41, 5.74) is 11.7. The third kappa shape index (κ3) is 4.13. The van der Waals surface area contributed by atoms with E-state index in [9.17, 15) is 4.79 Å². The number of imidazole rings is 1. The fourth-order valence-electron chi connectivity index (χ4n) is 5.37. The molecule has 0 radical (unpaired) electrons. The van der Waals surface area contributed by atoms with Crippen molar-refractivity contribution in [2.75, 3.05) is 18.0 Å². The number of nitrogens with zero attached hydrogens (tertiary/aromatic N) is 7. The van der Waals surface area contributed by atoms with Gasteiger partial charge in [-0.3, -0.25) is 9.36 Å². The molecule has 3 aromatic heterocycles. The molecule has 6 rings (SSSR count). The summed E-state index contributed by atoms with van der Waals surface area (Å²) in [6.07, 6.45) is 4.03. The van der Waals surface area contributed by atoms with Gasteiger partial charge in [0.25, 0.3) is 5.56 Å². The summed E-state index contributed by atoms with van der Waals surface area (Å²) in [5.74, 6) is 6.83. The highest BCUT2D eigenvalue weighted by Crippen LogP contribution is 2.27. The molecule has 0 aliphatic carbocycles. The molecular formula is C28H30N8O. The molecule has 5 heterocycles. The van der Waals surface area contributed by atoms with Gasteiger partial charge in [-0.15, -0.1) is 5.92 Å². The molecule has 9 nitrogen and oxygen atoms in total. The predicted octanol–water partition coefficient (Wildman–Crippen LogP) is 2.84. The number of piperidine rings is 1. The Morgan fingerprint density at radius 3 is 2.89 bits per heavy atom. The monoisotopic (exact) mass is 494 g/mol. The number of aromatic nitrogens is 5. The van der Waals surface area contributed by atoms with Crippen LogP contribution in [0, 0.1) is 18.8 Å². The maximum absolute atomic E-state index is 14.0. The maximum atomic E-state index is 14.0. The molecule has 1 atom stereocenters. The molecule has 188 valence electrons. The van der Waals surface area contributed by atoms with Crippen molar-refractivity contribution in [3.8, 4) is 11.8 Å². The Bertz CT molecular complexity index is 1640. The fraction of sp³-hybridized carbons (Fsp3) is 0.357. The third-order valence-electron chi connectivity index (χ3n) is 7.16.